The van der Waals surface area contributed by atoms with Crippen LogP contribution in [-0.2, 0) is 6.61 Å². The molecule has 0 saturated carbocycles. The number of hydrogen-bond acceptors (Lipinski definition) is 2. The Morgan fingerprint density at radius 3 is 2.70 bits per heavy atom. The van der Waals surface area contributed by atoms with Crippen molar-refractivity contribution in [1.82, 2.24) is 5.32 Å². The molecule has 0 spiro atoms. The van der Waals surface area contributed by atoms with Crippen LogP contribution < -0.4 is 10.1 Å². The zero-order chi connectivity index (χ0) is 14.5. The van der Waals surface area contributed by atoms with Gasteiger partial charge in [0, 0.05) is 11.6 Å². The second-order valence-electron chi connectivity index (χ2n) is 4.57. The van der Waals surface area contributed by atoms with Crippen molar-refractivity contribution in [3.05, 3.63) is 64.4 Å². The second kappa shape index (κ2) is 6.73. The van der Waals surface area contributed by atoms with Crippen molar-refractivity contribution in [1.29, 1.82) is 0 Å². The van der Waals surface area contributed by atoms with Gasteiger partial charge >= 0.3 is 0 Å². The molecule has 2 aromatic rings. The molecule has 0 radical (unpaired) electrons. The highest BCUT2D eigenvalue weighted by atomic mass is 35.5. The van der Waals surface area contributed by atoms with E-state index in [1.165, 1.54) is 6.07 Å². The zero-order valence-corrected chi connectivity index (χ0v) is 12.2. The minimum Gasteiger partial charge on any atom is -0.489 e. The Labute approximate surface area is 123 Å². The van der Waals surface area contributed by atoms with Crippen LogP contribution in [-0.4, -0.2) is 7.05 Å². The van der Waals surface area contributed by atoms with Crippen LogP contribution in [0.4, 0.5) is 4.39 Å². The van der Waals surface area contributed by atoms with E-state index in [1.54, 1.807) is 12.1 Å². The molecule has 0 bridgehead atoms. The quantitative estimate of drug-likeness (QED) is 0.885. The largest absolute Gasteiger partial charge is 0.489 e. The Bertz CT molecular complexity index is 568. The lowest BCUT2D eigenvalue weighted by Crippen LogP contribution is -2.12. The summed E-state index contributed by atoms with van der Waals surface area (Å²) in [5.41, 5.74) is 1.49. The lowest BCUT2D eigenvalue weighted by molar-refractivity contribution is 0.299. The molecule has 2 aromatic carbocycles. The monoisotopic (exact) mass is 293 g/mol. The summed E-state index contributed by atoms with van der Waals surface area (Å²) < 4.78 is 19.3. The summed E-state index contributed by atoms with van der Waals surface area (Å²) in [6, 6.07) is 12.6. The third-order valence-corrected chi connectivity index (χ3v) is 3.59. The summed E-state index contributed by atoms with van der Waals surface area (Å²) >= 11 is 5.97. The summed E-state index contributed by atoms with van der Waals surface area (Å²) in [7, 11) is 1.90. The molecule has 20 heavy (non-hydrogen) atoms. The molecule has 0 fully saturated rings. The topological polar surface area (TPSA) is 21.3 Å². The van der Waals surface area contributed by atoms with Crippen molar-refractivity contribution in [2.75, 3.05) is 7.05 Å². The lowest BCUT2D eigenvalue weighted by Gasteiger charge is -2.13. The van der Waals surface area contributed by atoms with Crippen molar-refractivity contribution in [3.63, 3.8) is 0 Å². The van der Waals surface area contributed by atoms with E-state index in [0.717, 1.165) is 5.56 Å². The molecule has 1 unspecified atom stereocenters. The van der Waals surface area contributed by atoms with Gasteiger partial charge in [0.15, 0.2) is 0 Å². The SMILES string of the molecule is CNC(C)c1cccc(OCc2c(F)cccc2Cl)c1. The van der Waals surface area contributed by atoms with Gasteiger partial charge in [0.2, 0.25) is 0 Å². The molecule has 1 N–H and O–H groups in total. The second-order valence-corrected chi connectivity index (χ2v) is 4.98. The fourth-order valence-corrected chi connectivity index (χ4v) is 2.08. The molecule has 0 heterocycles. The third-order valence-electron chi connectivity index (χ3n) is 3.24. The van der Waals surface area contributed by atoms with E-state index >= 15 is 0 Å². The highest BCUT2D eigenvalue weighted by Gasteiger charge is 2.08. The maximum Gasteiger partial charge on any atom is 0.131 e. The number of hydrogen-bond donors (Lipinski definition) is 1. The molecule has 0 saturated heterocycles. The van der Waals surface area contributed by atoms with Gasteiger partial charge in [0.1, 0.15) is 18.2 Å². The van der Waals surface area contributed by atoms with Crippen LogP contribution in [0.5, 0.6) is 5.75 Å². The van der Waals surface area contributed by atoms with Crippen molar-refractivity contribution in [3.8, 4) is 5.75 Å². The Kier molecular flexibility index (Phi) is 4.99. The molecular weight excluding hydrogens is 277 g/mol. The van der Waals surface area contributed by atoms with E-state index in [4.69, 9.17) is 16.3 Å². The van der Waals surface area contributed by atoms with E-state index in [9.17, 15) is 4.39 Å². The lowest BCUT2D eigenvalue weighted by atomic mass is 10.1. The highest BCUT2D eigenvalue weighted by molar-refractivity contribution is 6.31. The predicted octanol–water partition coefficient (Wildman–Crippen LogP) is 4.34. The van der Waals surface area contributed by atoms with Crippen molar-refractivity contribution < 1.29 is 9.13 Å². The number of halogens is 2. The molecule has 0 aliphatic heterocycles. The van der Waals surface area contributed by atoms with Crippen LogP contribution in [0.3, 0.4) is 0 Å². The third kappa shape index (κ3) is 3.50. The Hall–Kier alpha value is -1.58. The molecule has 1 atom stereocenters. The van der Waals surface area contributed by atoms with Gasteiger partial charge in [-0.2, -0.15) is 0 Å². The van der Waals surface area contributed by atoms with E-state index in [0.29, 0.717) is 16.3 Å². The number of nitrogens with one attached hydrogen (secondary N) is 1. The summed E-state index contributed by atoms with van der Waals surface area (Å²) in [5.74, 6) is 0.348. The molecule has 2 rings (SSSR count). The van der Waals surface area contributed by atoms with Gasteiger partial charge in [-0.1, -0.05) is 29.8 Å². The molecule has 0 aliphatic rings. The summed E-state index contributed by atoms with van der Waals surface area (Å²) in [6.45, 7) is 2.18. The van der Waals surface area contributed by atoms with E-state index in [2.05, 4.69) is 12.2 Å². The van der Waals surface area contributed by atoms with E-state index in [-0.39, 0.29) is 18.5 Å². The van der Waals surface area contributed by atoms with Crippen molar-refractivity contribution in [2.24, 2.45) is 0 Å². The summed E-state index contributed by atoms with van der Waals surface area (Å²) in [5, 5.41) is 3.54. The first-order chi connectivity index (χ1) is 9.61. The average molecular weight is 294 g/mol. The van der Waals surface area contributed by atoms with Crippen LogP contribution in [0.25, 0.3) is 0 Å². The molecule has 0 aliphatic carbocycles. The standard InChI is InChI=1S/C16H17ClFNO/c1-11(19-2)12-5-3-6-13(9-12)20-10-14-15(17)7-4-8-16(14)18/h3-9,11,19H,10H2,1-2H3. The van der Waals surface area contributed by atoms with E-state index in [1.807, 2.05) is 31.3 Å². The van der Waals surface area contributed by atoms with Crippen LogP contribution in [0.15, 0.2) is 42.5 Å². The first-order valence-electron chi connectivity index (χ1n) is 6.44. The van der Waals surface area contributed by atoms with Gasteiger partial charge in [0.25, 0.3) is 0 Å². The van der Waals surface area contributed by atoms with Gasteiger partial charge in [-0.15, -0.1) is 0 Å². The van der Waals surface area contributed by atoms with Crippen LogP contribution in [0.2, 0.25) is 5.02 Å². The van der Waals surface area contributed by atoms with Gasteiger partial charge in [0.05, 0.1) is 5.02 Å². The first-order valence-corrected chi connectivity index (χ1v) is 6.82. The molecule has 2 nitrogen and oxygen atoms in total. The maximum atomic E-state index is 13.6. The zero-order valence-electron chi connectivity index (χ0n) is 11.5. The smallest absolute Gasteiger partial charge is 0.131 e. The Morgan fingerprint density at radius 1 is 1.25 bits per heavy atom. The summed E-state index contributed by atoms with van der Waals surface area (Å²) in [4.78, 5) is 0. The van der Waals surface area contributed by atoms with Crippen LogP contribution >= 0.6 is 11.6 Å². The van der Waals surface area contributed by atoms with Crippen LogP contribution in [0, 0.1) is 5.82 Å². The van der Waals surface area contributed by atoms with Gasteiger partial charge in [-0.25, -0.2) is 4.39 Å². The van der Waals surface area contributed by atoms with Gasteiger partial charge < -0.3 is 10.1 Å². The minimum atomic E-state index is -0.350. The summed E-state index contributed by atoms with van der Waals surface area (Å²) in [6.07, 6.45) is 0. The molecule has 106 valence electrons. The van der Waals surface area contributed by atoms with Gasteiger partial charge in [-0.3, -0.25) is 0 Å². The number of ether oxygens (including phenoxy) is 1. The molecule has 0 aromatic heterocycles. The Morgan fingerprint density at radius 2 is 2.00 bits per heavy atom. The average Bonchev–Trinajstić information content (AvgIpc) is 2.46. The first kappa shape index (κ1) is 14.8. The molecule has 4 heteroatoms. The van der Waals surface area contributed by atoms with Crippen LogP contribution in [0.1, 0.15) is 24.1 Å². The minimum absolute atomic E-state index is 0.114. The van der Waals surface area contributed by atoms with Gasteiger partial charge in [-0.05, 0) is 43.8 Å². The fourth-order valence-electron chi connectivity index (χ4n) is 1.87. The predicted molar refractivity (Wildman–Crippen MR) is 79.7 cm³/mol. The number of rotatable bonds is 5. The molecular formula is C16H17ClFNO. The number of benzene rings is 2. The van der Waals surface area contributed by atoms with Crippen molar-refractivity contribution in [2.45, 2.75) is 19.6 Å². The molecule has 0 amide bonds. The normalized spacial score (nSPS) is 12.2. The van der Waals surface area contributed by atoms with Crippen molar-refractivity contribution >= 4 is 11.6 Å². The maximum absolute atomic E-state index is 13.6. The fraction of sp³-hybridized carbons (Fsp3) is 0.250. The highest BCUT2D eigenvalue weighted by Crippen LogP contribution is 2.23. The Balaban J connectivity index is 2.11. The van der Waals surface area contributed by atoms with E-state index < -0.39 is 0 Å².